The van der Waals surface area contributed by atoms with Gasteiger partial charge in [-0.25, -0.2) is 8.42 Å². The summed E-state index contributed by atoms with van der Waals surface area (Å²) in [7, 11) is -3.38. The van der Waals surface area contributed by atoms with Gasteiger partial charge in [0.05, 0.1) is 5.69 Å². The van der Waals surface area contributed by atoms with Crippen LogP contribution in [0, 0.1) is 0 Å². The van der Waals surface area contributed by atoms with E-state index in [0.29, 0.717) is 19.4 Å². The van der Waals surface area contributed by atoms with Crippen LogP contribution in [0.3, 0.4) is 0 Å². The number of nitrogens with one attached hydrogen (secondary N) is 1. The fourth-order valence-corrected chi connectivity index (χ4v) is 3.21. The SMILES string of the molecule is O=Cc1cc(S(=O)(=O)N2CCCC2)c[nH]1. The van der Waals surface area contributed by atoms with Gasteiger partial charge in [-0.15, -0.1) is 0 Å². The Morgan fingerprint density at radius 3 is 2.53 bits per heavy atom. The highest BCUT2D eigenvalue weighted by atomic mass is 32.2. The number of rotatable bonds is 3. The first-order valence-electron chi connectivity index (χ1n) is 4.78. The van der Waals surface area contributed by atoms with Crippen LogP contribution in [0.4, 0.5) is 0 Å². The zero-order valence-electron chi connectivity index (χ0n) is 8.14. The normalized spacial score (nSPS) is 18.1. The van der Waals surface area contributed by atoms with Crippen molar-refractivity contribution in [3.05, 3.63) is 18.0 Å². The molecule has 0 spiro atoms. The second kappa shape index (κ2) is 3.79. The van der Waals surface area contributed by atoms with Crippen LogP contribution in [-0.2, 0) is 10.0 Å². The molecule has 0 unspecified atom stereocenters. The van der Waals surface area contributed by atoms with Crippen molar-refractivity contribution >= 4 is 16.3 Å². The lowest BCUT2D eigenvalue weighted by Gasteiger charge is -2.13. The molecule has 0 aromatic carbocycles. The van der Waals surface area contributed by atoms with Gasteiger partial charge in [0.2, 0.25) is 10.0 Å². The molecule has 2 rings (SSSR count). The van der Waals surface area contributed by atoms with Gasteiger partial charge in [-0.05, 0) is 18.9 Å². The van der Waals surface area contributed by atoms with Gasteiger partial charge in [0.15, 0.2) is 6.29 Å². The maximum absolute atomic E-state index is 12.0. The molecule has 1 saturated heterocycles. The summed E-state index contributed by atoms with van der Waals surface area (Å²) in [5, 5.41) is 0. The van der Waals surface area contributed by atoms with Crippen LogP contribution in [0.15, 0.2) is 17.2 Å². The summed E-state index contributed by atoms with van der Waals surface area (Å²) in [6.45, 7) is 1.15. The fraction of sp³-hybridized carbons (Fsp3) is 0.444. The summed E-state index contributed by atoms with van der Waals surface area (Å²) in [4.78, 5) is 13.2. The van der Waals surface area contributed by atoms with Crippen LogP contribution in [0.1, 0.15) is 23.3 Å². The average Bonchev–Trinajstić information content (AvgIpc) is 2.89. The fourth-order valence-electron chi connectivity index (χ4n) is 1.69. The lowest BCUT2D eigenvalue weighted by Crippen LogP contribution is -2.27. The lowest BCUT2D eigenvalue weighted by atomic mass is 10.4. The Bertz CT molecular complexity index is 457. The van der Waals surface area contributed by atoms with E-state index in [1.54, 1.807) is 0 Å². The summed E-state index contributed by atoms with van der Waals surface area (Å²) >= 11 is 0. The van der Waals surface area contributed by atoms with E-state index in [1.807, 2.05) is 0 Å². The first-order valence-corrected chi connectivity index (χ1v) is 6.22. The second-order valence-corrected chi connectivity index (χ2v) is 5.46. The van der Waals surface area contributed by atoms with Crippen molar-refractivity contribution in [3.63, 3.8) is 0 Å². The second-order valence-electron chi connectivity index (χ2n) is 3.52. The number of hydrogen-bond donors (Lipinski definition) is 1. The summed E-state index contributed by atoms with van der Waals surface area (Å²) in [5.74, 6) is 0. The van der Waals surface area contributed by atoms with Crippen LogP contribution in [0.2, 0.25) is 0 Å². The van der Waals surface area contributed by atoms with Crippen molar-refractivity contribution in [2.45, 2.75) is 17.7 Å². The van der Waals surface area contributed by atoms with Crippen LogP contribution in [0.25, 0.3) is 0 Å². The highest BCUT2D eigenvalue weighted by Gasteiger charge is 2.27. The summed E-state index contributed by atoms with van der Waals surface area (Å²) in [6, 6.07) is 1.36. The maximum Gasteiger partial charge on any atom is 0.244 e. The largest absolute Gasteiger partial charge is 0.358 e. The Morgan fingerprint density at radius 1 is 1.33 bits per heavy atom. The Hall–Kier alpha value is -1.14. The molecular formula is C9H12N2O3S. The number of aromatic amines is 1. The first-order chi connectivity index (χ1) is 7.14. The molecule has 15 heavy (non-hydrogen) atoms. The minimum absolute atomic E-state index is 0.173. The van der Waals surface area contributed by atoms with Crippen molar-refractivity contribution in [3.8, 4) is 0 Å². The first kappa shape index (κ1) is 10.4. The molecule has 1 aromatic rings. The Balaban J connectivity index is 2.32. The Kier molecular flexibility index (Phi) is 2.62. The molecule has 0 bridgehead atoms. The van der Waals surface area contributed by atoms with Crippen LogP contribution >= 0.6 is 0 Å². The van der Waals surface area contributed by atoms with Crippen LogP contribution in [0.5, 0.6) is 0 Å². The Labute approximate surface area is 88.1 Å². The van der Waals surface area contributed by atoms with Gasteiger partial charge >= 0.3 is 0 Å². The molecule has 1 aliphatic heterocycles. The number of hydrogen-bond acceptors (Lipinski definition) is 3. The number of carbonyl (C=O) groups is 1. The average molecular weight is 228 g/mol. The molecule has 1 aromatic heterocycles. The van der Waals surface area contributed by atoms with Gasteiger partial charge in [-0.3, -0.25) is 4.79 Å². The quantitative estimate of drug-likeness (QED) is 0.771. The standard InChI is InChI=1S/C9H12N2O3S/c12-7-8-5-9(6-10-8)15(13,14)11-3-1-2-4-11/h5-7,10H,1-4H2. The van der Waals surface area contributed by atoms with Crippen molar-refractivity contribution < 1.29 is 13.2 Å². The number of sulfonamides is 1. The van der Waals surface area contributed by atoms with Gasteiger partial charge in [-0.2, -0.15) is 4.31 Å². The van der Waals surface area contributed by atoms with Gasteiger partial charge in [0, 0.05) is 19.3 Å². The molecule has 0 aliphatic carbocycles. The summed E-state index contributed by atoms with van der Waals surface area (Å²) in [5.41, 5.74) is 0.285. The minimum Gasteiger partial charge on any atom is -0.358 e. The van der Waals surface area contributed by atoms with Crippen molar-refractivity contribution in [1.82, 2.24) is 9.29 Å². The third-order valence-electron chi connectivity index (χ3n) is 2.51. The zero-order chi connectivity index (χ0) is 10.9. The van der Waals surface area contributed by atoms with Gasteiger partial charge in [0.25, 0.3) is 0 Å². The summed E-state index contributed by atoms with van der Waals surface area (Å²) < 4.78 is 25.4. The van der Waals surface area contributed by atoms with Gasteiger partial charge in [0.1, 0.15) is 4.90 Å². The van der Waals surface area contributed by atoms with Gasteiger partial charge < -0.3 is 4.98 Å². The van der Waals surface area contributed by atoms with Gasteiger partial charge in [-0.1, -0.05) is 0 Å². The molecule has 1 aliphatic rings. The minimum atomic E-state index is -3.38. The number of nitrogens with zero attached hydrogens (tertiary/aromatic N) is 1. The predicted molar refractivity (Wildman–Crippen MR) is 54.2 cm³/mol. The van der Waals surface area contributed by atoms with Crippen molar-refractivity contribution in [2.75, 3.05) is 13.1 Å². The molecule has 0 amide bonds. The van der Waals surface area contributed by atoms with E-state index in [1.165, 1.54) is 16.6 Å². The predicted octanol–water partition coefficient (Wildman–Crippen LogP) is 0.612. The van der Waals surface area contributed by atoms with E-state index in [2.05, 4.69) is 4.98 Å². The van der Waals surface area contributed by atoms with E-state index in [-0.39, 0.29) is 10.6 Å². The number of aldehydes is 1. The molecule has 6 heteroatoms. The number of H-pyrrole nitrogens is 1. The van der Waals surface area contributed by atoms with Crippen LogP contribution < -0.4 is 0 Å². The van der Waals surface area contributed by atoms with Crippen LogP contribution in [-0.4, -0.2) is 37.1 Å². The Morgan fingerprint density at radius 2 is 2.00 bits per heavy atom. The third kappa shape index (κ3) is 1.82. The molecule has 0 saturated carbocycles. The molecular weight excluding hydrogens is 216 g/mol. The zero-order valence-corrected chi connectivity index (χ0v) is 8.96. The lowest BCUT2D eigenvalue weighted by molar-refractivity contribution is 0.111. The van der Waals surface area contributed by atoms with E-state index < -0.39 is 10.0 Å². The third-order valence-corrected chi connectivity index (χ3v) is 4.39. The topological polar surface area (TPSA) is 70.2 Å². The maximum atomic E-state index is 12.0. The smallest absolute Gasteiger partial charge is 0.244 e. The molecule has 1 fully saturated rings. The number of aromatic nitrogens is 1. The van der Waals surface area contributed by atoms with E-state index >= 15 is 0 Å². The highest BCUT2D eigenvalue weighted by molar-refractivity contribution is 7.89. The van der Waals surface area contributed by atoms with E-state index in [0.717, 1.165) is 12.8 Å². The number of carbonyl (C=O) groups excluding carboxylic acids is 1. The highest BCUT2D eigenvalue weighted by Crippen LogP contribution is 2.20. The molecule has 5 nitrogen and oxygen atoms in total. The molecule has 0 radical (unpaired) electrons. The van der Waals surface area contributed by atoms with Crippen molar-refractivity contribution in [2.24, 2.45) is 0 Å². The molecule has 1 N–H and O–H groups in total. The van der Waals surface area contributed by atoms with E-state index in [9.17, 15) is 13.2 Å². The molecule has 2 heterocycles. The van der Waals surface area contributed by atoms with Crippen molar-refractivity contribution in [1.29, 1.82) is 0 Å². The van der Waals surface area contributed by atoms with E-state index in [4.69, 9.17) is 0 Å². The molecule has 0 atom stereocenters. The monoisotopic (exact) mass is 228 g/mol. The molecule has 82 valence electrons. The summed E-state index contributed by atoms with van der Waals surface area (Å²) in [6.07, 6.45) is 3.77.